The molecule has 1 fully saturated rings. The van der Waals surface area contributed by atoms with Crippen molar-refractivity contribution in [2.75, 3.05) is 68.6 Å². The SMILES string of the molecule is Cc1ccc(CNc2nc(NCCOCCOCCN)nc(NCC3CCCO3)n2)cc1. The first-order valence-electron chi connectivity index (χ1n) is 11.2. The van der Waals surface area contributed by atoms with Gasteiger partial charge < -0.3 is 35.9 Å². The van der Waals surface area contributed by atoms with Gasteiger partial charge in [-0.2, -0.15) is 15.0 Å². The molecule has 1 aromatic carbocycles. The number of nitrogens with two attached hydrogens (primary N) is 1. The molecule has 0 aliphatic carbocycles. The maximum Gasteiger partial charge on any atom is 0.229 e. The monoisotopic (exact) mass is 445 g/mol. The Balaban J connectivity index is 1.52. The molecule has 1 aliphatic heterocycles. The molecule has 32 heavy (non-hydrogen) atoms. The molecule has 1 unspecified atom stereocenters. The highest BCUT2D eigenvalue weighted by molar-refractivity contribution is 5.42. The van der Waals surface area contributed by atoms with Gasteiger partial charge in [0.25, 0.3) is 0 Å². The summed E-state index contributed by atoms with van der Waals surface area (Å²) in [5.74, 6) is 1.51. The van der Waals surface area contributed by atoms with Gasteiger partial charge in [-0.15, -0.1) is 0 Å². The standard InChI is InChI=1S/C22H35N7O3/c1-17-4-6-18(7-5-17)15-25-21-27-20(24-9-12-31-14-13-30-11-8-23)28-22(29-21)26-16-19-3-2-10-32-19/h4-7,19H,2-3,8-16,23H2,1H3,(H3,24,25,26,27,28,29). The summed E-state index contributed by atoms with van der Waals surface area (Å²) in [5.41, 5.74) is 7.77. The van der Waals surface area contributed by atoms with Gasteiger partial charge in [-0.05, 0) is 25.3 Å². The van der Waals surface area contributed by atoms with Crippen LogP contribution in [0.5, 0.6) is 0 Å². The average Bonchev–Trinajstić information content (AvgIpc) is 3.33. The number of rotatable bonds is 15. The second-order valence-electron chi connectivity index (χ2n) is 7.60. The minimum Gasteiger partial charge on any atom is -0.378 e. The zero-order chi connectivity index (χ0) is 22.4. The molecular formula is C22H35N7O3. The van der Waals surface area contributed by atoms with E-state index in [2.05, 4.69) is 62.1 Å². The van der Waals surface area contributed by atoms with Gasteiger partial charge in [0.1, 0.15) is 0 Å². The minimum atomic E-state index is 0.196. The highest BCUT2D eigenvalue weighted by Crippen LogP contribution is 2.15. The van der Waals surface area contributed by atoms with E-state index in [9.17, 15) is 0 Å². The zero-order valence-electron chi connectivity index (χ0n) is 18.8. The van der Waals surface area contributed by atoms with E-state index in [0.29, 0.717) is 70.5 Å². The van der Waals surface area contributed by atoms with E-state index >= 15 is 0 Å². The number of benzene rings is 1. The lowest BCUT2D eigenvalue weighted by Gasteiger charge is -2.13. The molecule has 1 aromatic heterocycles. The second-order valence-corrected chi connectivity index (χ2v) is 7.60. The van der Waals surface area contributed by atoms with Crippen LogP contribution in [0.2, 0.25) is 0 Å². The van der Waals surface area contributed by atoms with Gasteiger partial charge in [0.15, 0.2) is 0 Å². The van der Waals surface area contributed by atoms with E-state index in [-0.39, 0.29) is 6.10 Å². The topological polar surface area (TPSA) is 128 Å². The number of aryl methyl sites for hydroxylation is 1. The molecule has 1 aliphatic rings. The smallest absolute Gasteiger partial charge is 0.229 e. The molecule has 1 saturated heterocycles. The third-order valence-corrected chi connectivity index (χ3v) is 4.88. The third-order valence-electron chi connectivity index (χ3n) is 4.88. The summed E-state index contributed by atoms with van der Waals surface area (Å²) in [6.45, 7) is 7.40. The highest BCUT2D eigenvalue weighted by Gasteiger charge is 2.16. The number of nitrogens with one attached hydrogen (secondary N) is 3. The summed E-state index contributed by atoms with van der Waals surface area (Å²) >= 11 is 0. The summed E-state index contributed by atoms with van der Waals surface area (Å²) in [6.07, 6.45) is 2.34. The Morgan fingerprint density at radius 2 is 1.62 bits per heavy atom. The van der Waals surface area contributed by atoms with Crippen LogP contribution in [-0.4, -0.2) is 73.7 Å². The van der Waals surface area contributed by atoms with Crippen molar-refractivity contribution in [1.82, 2.24) is 15.0 Å². The van der Waals surface area contributed by atoms with Gasteiger partial charge in [0, 0.05) is 32.8 Å². The first-order chi connectivity index (χ1) is 15.7. The number of hydrogen-bond acceptors (Lipinski definition) is 10. The lowest BCUT2D eigenvalue weighted by Crippen LogP contribution is -2.21. The molecule has 10 nitrogen and oxygen atoms in total. The van der Waals surface area contributed by atoms with Crippen LogP contribution in [0.1, 0.15) is 24.0 Å². The van der Waals surface area contributed by atoms with Gasteiger partial charge >= 0.3 is 0 Å². The molecule has 10 heteroatoms. The van der Waals surface area contributed by atoms with Crippen LogP contribution >= 0.6 is 0 Å². The van der Waals surface area contributed by atoms with E-state index in [1.54, 1.807) is 0 Å². The minimum absolute atomic E-state index is 0.196. The van der Waals surface area contributed by atoms with Crippen molar-refractivity contribution >= 4 is 17.8 Å². The molecule has 1 atom stereocenters. The van der Waals surface area contributed by atoms with Crippen molar-refractivity contribution < 1.29 is 14.2 Å². The normalized spacial score (nSPS) is 15.6. The molecule has 0 amide bonds. The van der Waals surface area contributed by atoms with Crippen molar-refractivity contribution in [3.05, 3.63) is 35.4 Å². The fourth-order valence-electron chi connectivity index (χ4n) is 3.15. The summed E-state index contributed by atoms with van der Waals surface area (Å²) < 4.78 is 16.5. The van der Waals surface area contributed by atoms with Crippen molar-refractivity contribution in [2.24, 2.45) is 5.73 Å². The van der Waals surface area contributed by atoms with Gasteiger partial charge in [0.05, 0.1) is 32.5 Å². The lowest BCUT2D eigenvalue weighted by molar-refractivity contribution is 0.0547. The van der Waals surface area contributed by atoms with Gasteiger partial charge in [-0.3, -0.25) is 0 Å². The highest BCUT2D eigenvalue weighted by atomic mass is 16.5. The first kappa shape index (κ1) is 24.1. The van der Waals surface area contributed by atoms with Crippen LogP contribution in [0.3, 0.4) is 0 Å². The van der Waals surface area contributed by atoms with Crippen molar-refractivity contribution in [1.29, 1.82) is 0 Å². The van der Waals surface area contributed by atoms with Crippen LogP contribution in [0.15, 0.2) is 24.3 Å². The Hall–Kier alpha value is -2.53. The maximum absolute atomic E-state index is 5.68. The van der Waals surface area contributed by atoms with Crippen LogP contribution in [0, 0.1) is 6.92 Å². The molecule has 176 valence electrons. The fraction of sp³-hybridized carbons (Fsp3) is 0.591. The Morgan fingerprint density at radius 3 is 2.31 bits per heavy atom. The van der Waals surface area contributed by atoms with Crippen molar-refractivity contribution in [3.8, 4) is 0 Å². The molecule has 0 spiro atoms. The first-order valence-corrected chi connectivity index (χ1v) is 11.2. The molecule has 0 radical (unpaired) electrons. The summed E-state index contributed by atoms with van der Waals surface area (Å²) in [6, 6.07) is 8.36. The third kappa shape index (κ3) is 8.91. The number of nitrogens with zero attached hydrogens (tertiary/aromatic N) is 3. The average molecular weight is 446 g/mol. The van der Waals surface area contributed by atoms with Crippen LogP contribution in [0.25, 0.3) is 0 Å². The molecule has 2 aromatic rings. The van der Waals surface area contributed by atoms with E-state index in [1.165, 1.54) is 5.56 Å². The molecule has 0 saturated carbocycles. The Morgan fingerprint density at radius 1 is 0.938 bits per heavy atom. The van der Waals surface area contributed by atoms with Gasteiger partial charge in [-0.1, -0.05) is 29.8 Å². The lowest BCUT2D eigenvalue weighted by atomic mass is 10.1. The van der Waals surface area contributed by atoms with Gasteiger partial charge in [-0.25, -0.2) is 0 Å². The van der Waals surface area contributed by atoms with Crippen LogP contribution in [-0.2, 0) is 20.8 Å². The van der Waals surface area contributed by atoms with Crippen LogP contribution in [0.4, 0.5) is 17.8 Å². The second kappa shape index (κ2) is 13.8. The van der Waals surface area contributed by atoms with E-state index in [4.69, 9.17) is 19.9 Å². The molecule has 3 rings (SSSR count). The Labute approximate surface area is 189 Å². The van der Waals surface area contributed by atoms with Crippen molar-refractivity contribution in [2.45, 2.75) is 32.4 Å². The number of aromatic nitrogens is 3. The Bertz CT molecular complexity index is 786. The van der Waals surface area contributed by atoms with Crippen molar-refractivity contribution in [3.63, 3.8) is 0 Å². The molecule has 0 bridgehead atoms. The largest absolute Gasteiger partial charge is 0.378 e. The molecular weight excluding hydrogens is 410 g/mol. The predicted octanol–water partition coefficient (Wildman–Crippen LogP) is 1.79. The maximum atomic E-state index is 5.68. The summed E-state index contributed by atoms with van der Waals surface area (Å²) in [4.78, 5) is 13.5. The van der Waals surface area contributed by atoms with E-state index in [0.717, 1.165) is 25.0 Å². The number of anilines is 3. The molecule has 2 heterocycles. The summed E-state index contributed by atoms with van der Waals surface area (Å²) in [7, 11) is 0. The van der Waals surface area contributed by atoms with Crippen LogP contribution < -0.4 is 21.7 Å². The zero-order valence-corrected chi connectivity index (χ0v) is 18.8. The molecule has 5 N–H and O–H groups in total. The Kier molecular flexibility index (Phi) is 10.4. The van der Waals surface area contributed by atoms with E-state index in [1.807, 2.05) is 0 Å². The summed E-state index contributed by atoms with van der Waals surface area (Å²) in [5, 5.41) is 9.77. The fourth-order valence-corrected chi connectivity index (χ4v) is 3.15. The number of hydrogen-bond donors (Lipinski definition) is 4. The predicted molar refractivity (Wildman–Crippen MR) is 125 cm³/mol. The number of ether oxygens (including phenoxy) is 3. The van der Waals surface area contributed by atoms with Gasteiger partial charge in [0.2, 0.25) is 17.8 Å². The quantitative estimate of drug-likeness (QED) is 0.301. The van der Waals surface area contributed by atoms with E-state index < -0.39 is 0 Å².